The molecule has 0 fully saturated rings. The lowest BCUT2D eigenvalue weighted by molar-refractivity contribution is -0.386. The summed E-state index contributed by atoms with van der Waals surface area (Å²) in [6.45, 7) is 0. The molecule has 0 atom stereocenters. The lowest BCUT2D eigenvalue weighted by Gasteiger charge is -2.08. The Balaban J connectivity index is 2.63. The average molecular weight is 345 g/mol. The Morgan fingerprint density at radius 1 is 1.20 bits per heavy atom. The van der Waals surface area contributed by atoms with E-state index >= 15 is 0 Å². The van der Waals surface area contributed by atoms with Crippen molar-refractivity contribution in [2.24, 2.45) is 0 Å². The summed E-state index contributed by atoms with van der Waals surface area (Å²) >= 11 is 0. The van der Waals surface area contributed by atoms with E-state index in [1.165, 1.54) is 32.4 Å². The molecule has 0 heterocycles. The molecule has 2 aromatic rings. The number of nitro groups is 1. The Hall–Kier alpha value is -3.55. The van der Waals surface area contributed by atoms with Crippen molar-refractivity contribution in [2.75, 3.05) is 14.2 Å². The van der Waals surface area contributed by atoms with Gasteiger partial charge >= 0.3 is 11.7 Å². The van der Waals surface area contributed by atoms with Gasteiger partial charge in [-0.05, 0) is 35.4 Å². The van der Waals surface area contributed by atoms with E-state index in [2.05, 4.69) is 0 Å². The minimum atomic E-state index is -1.22. The number of carboxylic acid groups (broad SMARTS) is 1. The fourth-order valence-corrected chi connectivity index (χ4v) is 2.22. The van der Waals surface area contributed by atoms with Crippen molar-refractivity contribution in [2.45, 2.75) is 0 Å². The molecular formula is C17H15NO7. The number of methoxy groups -OCH3 is 2. The fourth-order valence-electron chi connectivity index (χ4n) is 2.22. The van der Waals surface area contributed by atoms with Crippen molar-refractivity contribution in [1.29, 1.82) is 0 Å². The fraction of sp³-hybridized carbons (Fsp3) is 0.118. The molecule has 0 aliphatic carbocycles. The first-order chi connectivity index (χ1) is 11.9. The van der Waals surface area contributed by atoms with Crippen LogP contribution in [-0.2, 0) is 4.79 Å². The molecule has 0 spiro atoms. The molecule has 0 aliphatic rings. The lowest BCUT2D eigenvalue weighted by Crippen LogP contribution is -2.00. The normalized spacial score (nSPS) is 11.0. The van der Waals surface area contributed by atoms with Crippen LogP contribution < -0.4 is 9.47 Å². The number of rotatable bonds is 6. The van der Waals surface area contributed by atoms with Gasteiger partial charge in [0.05, 0.1) is 24.7 Å². The highest BCUT2D eigenvalue weighted by Crippen LogP contribution is 2.38. The minimum Gasteiger partial charge on any atom is -0.500 e. The smallest absolute Gasteiger partial charge is 0.336 e. The Labute approximate surface area is 142 Å². The molecule has 0 radical (unpaired) electrons. The van der Waals surface area contributed by atoms with Crippen LogP contribution in [-0.4, -0.2) is 35.3 Å². The maximum Gasteiger partial charge on any atom is 0.336 e. The third-order valence-electron chi connectivity index (χ3n) is 3.42. The number of carboxylic acids is 1. The Morgan fingerprint density at radius 3 is 2.48 bits per heavy atom. The second-order valence-corrected chi connectivity index (χ2v) is 4.94. The molecule has 0 aromatic heterocycles. The van der Waals surface area contributed by atoms with Gasteiger partial charge in [0.2, 0.25) is 5.75 Å². The van der Waals surface area contributed by atoms with Crippen LogP contribution in [0.25, 0.3) is 11.6 Å². The number of carbonyl (C=O) groups is 1. The molecule has 0 saturated heterocycles. The van der Waals surface area contributed by atoms with E-state index in [-0.39, 0.29) is 16.9 Å². The Kier molecular flexibility index (Phi) is 5.23. The van der Waals surface area contributed by atoms with E-state index < -0.39 is 22.3 Å². The number of aromatic hydroxyl groups is 1. The van der Waals surface area contributed by atoms with Crippen molar-refractivity contribution < 1.29 is 29.4 Å². The first-order valence-corrected chi connectivity index (χ1v) is 7.02. The molecule has 130 valence electrons. The van der Waals surface area contributed by atoms with Gasteiger partial charge in [-0.2, -0.15) is 0 Å². The summed E-state index contributed by atoms with van der Waals surface area (Å²) in [6, 6.07) is 8.79. The zero-order chi connectivity index (χ0) is 18.6. The van der Waals surface area contributed by atoms with E-state index in [0.29, 0.717) is 11.3 Å². The van der Waals surface area contributed by atoms with Gasteiger partial charge in [0.1, 0.15) is 5.75 Å². The molecular weight excluding hydrogens is 330 g/mol. The quantitative estimate of drug-likeness (QED) is 0.357. The van der Waals surface area contributed by atoms with Gasteiger partial charge in [-0.25, -0.2) is 4.79 Å². The molecule has 0 saturated carbocycles. The highest BCUT2D eigenvalue weighted by atomic mass is 16.6. The topological polar surface area (TPSA) is 119 Å². The van der Waals surface area contributed by atoms with Crippen LogP contribution >= 0.6 is 0 Å². The maximum absolute atomic E-state index is 11.6. The molecule has 0 amide bonds. The van der Waals surface area contributed by atoms with Gasteiger partial charge in [-0.3, -0.25) is 10.1 Å². The van der Waals surface area contributed by atoms with E-state index in [1.807, 2.05) is 0 Å². The highest BCUT2D eigenvalue weighted by Gasteiger charge is 2.20. The van der Waals surface area contributed by atoms with Gasteiger partial charge in [-0.15, -0.1) is 0 Å². The molecule has 0 unspecified atom stereocenters. The van der Waals surface area contributed by atoms with Gasteiger partial charge < -0.3 is 19.7 Å². The van der Waals surface area contributed by atoms with Gasteiger partial charge in [0.25, 0.3) is 0 Å². The maximum atomic E-state index is 11.6. The Morgan fingerprint density at radius 2 is 1.92 bits per heavy atom. The third-order valence-corrected chi connectivity index (χ3v) is 3.42. The first-order valence-electron chi connectivity index (χ1n) is 7.02. The number of ether oxygens (including phenoxy) is 2. The largest absolute Gasteiger partial charge is 0.500 e. The molecule has 2 aromatic carbocycles. The van der Waals surface area contributed by atoms with Crippen LogP contribution in [0.15, 0.2) is 36.4 Å². The van der Waals surface area contributed by atoms with E-state index in [1.54, 1.807) is 18.2 Å². The second-order valence-electron chi connectivity index (χ2n) is 4.94. The summed E-state index contributed by atoms with van der Waals surface area (Å²) in [5, 5.41) is 30.3. The molecule has 0 bridgehead atoms. The summed E-state index contributed by atoms with van der Waals surface area (Å²) in [7, 11) is 2.70. The Bertz CT molecular complexity index is 858. The predicted octanol–water partition coefficient (Wildman–Crippen LogP) is 2.94. The van der Waals surface area contributed by atoms with E-state index in [4.69, 9.17) is 9.47 Å². The monoisotopic (exact) mass is 345 g/mol. The number of nitrogens with zero attached hydrogens (tertiary/aromatic N) is 1. The second kappa shape index (κ2) is 7.35. The first kappa shape index (κ1) is 17.8. The number of nitro benzene ring substituents is 1. The molecule has 8 heteroatoms. The standard InChI is InChI=1S/C17H15NO7/c1-24-12-5-3-4-11(9-12)13(17(20)21)6-10-7-14(18(22)23)16(19)15(8-10)25-2/h3-9,19H,1-2H3,(H,20,21)/b13-6-. The highest BCUT2D eigenvalue weighted by molar-refractivity contribution is 6.20. The zero-order valence-electron chi connectivity index (χ0n) is 13.4. The average Bonchev–Trinajstić information content (AvgIpc) is 2.60. The molecule has 2 N–H and O–H groups in total. The van der Waals surface area contributed by atoms with Crippen LogP contribution in [0.1, 0.15) is 11.1 Å². The number of aliphatic carboxylic acids is 1. The van der Waals surface area contributed by atoms with Gasteiger partial charge in [0.15, 0.2) is 5.75 Å². The SMILES string of the molecule is COc1cccc(/C(=C/c2cc(OC)c(O)c([N+](=O)[O-])c2)C(=O)O)c1. The molecule has 8 nitrogen and oxygen atoms in total. The zero-order valence-corrected chi connectivity index (χ0v) is 13.4. The van der Waals surface area contributed by atoms with Crippen molar-refractivity contribution in [3.05, 3.63) is 57.6 Å². The summed E-state index contributed by atoms with van der Waals surface area (Å²) in [6.07, 6.45) is 1.26. The van der Waals surface area contributed by atoms with E-state index in [0.717, 1.165) is 6.07 Å². The van der Waals surface area contributed by atoms with Gasteiger partial charge in [0, 0.05) is 6.07 Å². The number of benzene rings is 2. The van der Waals surface area contributed by atoms with Crippen molar-refractivity contribution >= 4 is 23.3 Å². The number of hydrogen-bond acceptors (Lipinski definition) is 6. The number of phenols is 1. The summed E-state index contributed by atoms with van der Waals surface area (Å²) in [5.41, 5.74) is -0.120. The van der Waals surface area contributed by atoms with Gasteiger partial charge in [-0.1, -0.05) is 12.1 Å². The number of phenolic OH excluding ortho intramolecular Hbond substituents is 1. The summed E-state index contributed by atoms with van der Waals surface area (Å²) in [5.74, 6) is -1.50. The third kappa shape index (κ3) is 3.86. The number of hydrogen-bond donors (Lipinski definition) is 2. The predicted molar refractivity (Wildman–Crippen MR) is 89.8 cm³/mol. The van der Waals surface area contributed by atoms with Crippen LogP contribution in [0, 0.1) is 10.1 Å². The molecule has 0 aliphatic heterocycles. The van der Waals surface area contributed by atoms with Crippen LogP contribution in [0.4, 0.5) is 5.69 Å². The molecule has 2 rings (SSSR count). The minimum absolute atomic E-state index is 0.0964. The van der Waals surface area contributed by atoms with Crippen LogP contribution in [0.5, 0.6) is 17.2 Å². The van der Waals surface area contributed by atoms with Crippen molar-refractivity contribution in [3.63, 3.8) is 0 Å². The van der Waals surface area contributed by atoms with Crippen molar-refractivity contribution in [3.8, 4) is 17.2 Å². The summed E-state index contributed by atoms with van der Waals surface area (Å²) in [4.78, 5) is 21.9. The summed E-state index contributed by atoms with van der Waals surface area (Å²) < 4.78 is 9.98. The van der Waals surface area contributed by atoms with Crippen LogP contribution in [0.3, 0.4) is 0 Å². The van der Waals surface area contributed by atoms with Crippen molar-refractivity contribution in [1.82, 2.24) is 0 Å². The lowest BCUT2D eigenvalue weighted by atomic mass is 10.0. The molecule has 25 heavy (non-hydrogen) atoms. The van der Waals surface area contributed by atoms with Crippen LogP contribution in [0.2, 0.25) is 0 Å². The van der Waals surface area contributed by atoms with E-state index in [9.17, 15) is 25.1 Å².